The largest absolute Gasteiger partial charge is 0.444 e. The molecule has 0 spiro atoms. The fourth-order valence-corrected chi connectivity index (χ4v) is 4.32. The van der Waals surface area contributed by atoms with Crippen molar-refractivity contribution in [2.75, 3.05) is 31.5 Å². The van der Waals surface area contributed by atoms with Gasteiger partial charge in [0.2, 0.25) is 0 Å². The number of amides is 2. The quantitative estimate of drug-likeness (QED) is 0.616. The number of rotatable bonds is 2. The molecule has 1 saturated heterocycles. The fourth-order valence-electron chi connectivity index (χ4n) is 4.32. The van der Waals surface area contributed by atoms with Crippen LogP contribution < -0.4 is 5.32 Å². The van der Waals surface area contributed by atoms with Crippen LogP contribution in [0.2, 0.25) is 0 Å². The zero-order valence-corrected chi connectivity index (χ0v) is 19.6. The van der Waals surface area contributed by atoms with E-state index in [0.717, 1.165) is 17.8 Å². The molecule has 35 heavy (non-hydrogen) atoms. The Balaban J connectivity index is 1.54. The number of benzene rings is 1. The summed E-state index contributed by atoms with van der Waals surface area (Å²) in [6, 6.07) is 4.36. The number of halogens is 4. The van der Waals surface area contributed by atoms with Crippen LogP contribution in [0.3, 0.4) is 0 Å². The first kappa shape index (κ1) is 24.9. The molecule has 2 amide bonds. The second-order valence-electron chi connectivity index (χ2n) is 9.64. The second-order valence-corrected chi connectivity index (χ2v) is 9.64. The SMILES string of the molecule is CC(C)(C)OC(=O)N1CCN2CCc3cc(NC(=O)c4ccnc(C(F)(F)F)c4)c(F)cc3[C@@H]2C1. The van der Waals surface area contributed by atoms with Crippen LogP contribution in [0.1, 0.15) is 54.0 Å². The maximum Gasteiger partial charge on any atom is 0.433 e. The van der Waals surface area contributed by atoms with Gasteiger partial charge in [0.25, 0.3) is 5.91 Å². The van der Waals surface area contributed by atoms with Crippen LogP contribution in [-0.2, 0) is 17.3 Å². The summed E-state index contributed by atoms with van der Waals surface area (Å²) in [5.41, 5.74) is -0.720. The number of hydrogen-bond acceptors (Lipinski definition) is 5. The minimum atomic E-state index is -4.70. The van der Waals surface area contributed by atoms with Gasteiger partial charge in [0, 0.05) is 37.9 Å². The van der Waals surface area contributed by atoms with E-state index in [1.54, 1.807) is 25.7 Å². The highest BCUT2D eigenvalue weighted by Gasteiger charge is 2.37. The zero-order chi connectivity index (χ0) is 25.5. The van der Waals surface area contributed by atoms with Crippen LogP contribution in [0, 0.1) is 5.82 Å². The second kappa shape index (κ2) is 9.10. The predicted molar refractivity (Wildman–Crippen MR) is 119 cm³/mol. The molecule has 3 heterocycles. The Bertz CT molecular complexity index is 1150. The van der Waals surface area contributed by atoms with Crippen molar-refractivity contribution in [2.45, 2.75) is 45.0 Å². The van der Waals surface area contributed by atoms with Gasteiger partial charge in [-0.05, 0) is 62.6 Å². The van der Waals surface area contributed by atoms with Gasteiger partial charge in [-0.1, -0.05) is 0 Å². The molecule has 1 fully saturated rings. The molecular weight excluding hydrogens is 468 g/mol. The van der Waals surface area contributed by atoms with E-state index in [4.69, 9.17) is 4.74 Å². The summed E-state index contributed by atoms with van der Waals surface area (Å²) < 4.78 is 59.2. The molecule has 7 nitrogen and oxygen atoms in total. The molecule has 11 heteroatoms. The number of ether oxygens (including phenoxy) is 1. The first-order chi connectivity index (χ1) is 16.3. The highest BCUT2D eigenvalue weighted by atomic mass is 19.4. The summed E-state index contributed by atoms with van der Waals surface area (Å²) in [5, 5.41) is 2.37. The number of fused-ring (bicyclic) bond motifs is 3. The molecule has 0 bridgehead atoms. The van der Waals surface area contributed by atoms with Crippen LogP contribution >= 0.6 is 0 Å². The summed E-state index contributed by atoms with van der Waals surface area (Å²) in [4.78, 5) is 32.1. The Morgan fingerprint density at radius 1 is 1.11 bits per heavy atom. The maximum absolute atomic E-state index is 15.0. The van der Waals surface area contributed by atoms with Crippen molar-refractivity contribution >= 4 is 17.7 Å². The number of anilines is 1. The first-order valence-corrected chi connectivity index (χ1v) is 11.2. The van der Waals surface area contributed by atoms with Crippen molar-refractivity contribution in [1.29, 1.82) is 0 Å². The van der Waals surface area contributed by atoms with Crippen LogP contribution in [0.5, 0.6) is 0 Å². The van der Waals surface area contributed by atoms with E-state index in [9.17, 15) is 22.8 Å². The van der Waals surface area contributed by atoms with Crippen LogP contribution in [0.15, 0.2) is 30.5 Å². The predicted octanol–water partition coefficient (Wildman–Crippen LogP) is 4.64. The third-order valence-corrected chi connectivity index (χ3v) is 5.96. The highest BCUT2D eigenvalue weighted by Crippen LogP contribution is 2.36. The van der Waals surface area contributed by atoms with Gasteiger partial charge in [-0.3, -0.25) is 14.7 Å². The molecular formula is C24H26F4N4O3. The molecule has 1 atom stereocenters. The van der Waals surface area contributed by atoms with Gasteiger partial charge in [-0.15, -0.1) is 0 Å². The van der Waals surface area contributed by atoms with Crippen molar-refractivity contribution in [3.8, 4) is 0 Å². The lowest BCUT2D eigenvalue weighted by Crippen LogP contribution is -2.53. The summed E-state index contributed by atoms with van der Waals surface area (Å²) in [5.74, 6) is -1.58. The fraction of sp³-hybridized carbons (Fsp3) is 0.458. The van der Waals surface area contributed by atoms with E-state index in [1.807, 2.05) is 0 Å². The number of pyridine rings is 1. The van der Waals surface area contributed by atoms with E-state index >= 15 is 4.39 Å². The third kappa shape index (κ3) is 5.55. The molecule has 2 aliphatic rings. The van der Waals surface area contributed by atoms with Gasteiger partial charge in [0.05, 0.1) is 11.7 Å². The molecule has 0 saturated carbocycles. The lowest BCUT2D eigenvalue weighted by atomic mass is 9.90. The summed E-state index contributed by atoms with van der Waals surface area (Å²) in [7, 11) is 0. The highest BCUT2D eigenvalue weighted by molar-refractivity contribution is 6.04. The molecule has 1 N–H and O–H groups in total. The number of alkyl halides is 3. The molecule has 1 aromatic carbocycles. The van der Waals surface area contributed by atoms with E-state index in [0.29, 0.717) is 44.2 Å². The molecule has 1 aromatic heterocycles. The molecule has 4 rings (SSSR count). The average molecular weight is 494 g/mol. The Hall–Kier alpha value is -3.21. The van der Waals surface area contributed by atoms with Gasteiger partial charge in [-0.25, -0.2) is 9.18 Å². The van der Waals surface area contributed by atoms with E-state index in [-0.39, 0.29) is 17.3 Å². The van der Waals surface area contributed by atoms with E-state index < -0.39 is 35.3 Å². The van der Waals surface area contributed by atoms with Crippen molar-refractivity contribution in [3.05, 3.63) is 58.7 Å². The Morgan fingerprint density at radius 2 is 1.86 bits per heavy atom. The molecule has 0 radical (unpaired) electrons. The smallest absolute Gasteiger partial charge is 0.433 e. The average Bonchev–Trinajstić information content (AvgIpc) is 2.77. The van der Waals surface area contributed by atoms with Gasteiger partial charge in [0.15, 0.2) is 0 Å². The molecule has 0 aliphatic carbocycles. The van der Waals surface area contributed by atoms with Crippen LogP contribution in [0.4, 0.5) is 28.0 Å². The topological polar surface area (TPSA) is 74.8 Å². The number of nitrogens with zero attached hydrogens (tertiary/aromatic N) is 3. The Kier molecular flexibility index (Phi) is 6.48. The van der Waals surface area contributed by atoms with E-state index in [2.05, 4.69) is 15.2 Å². The number of piperazine rings is 1. The lowest BCUT2D eigenvalue weighted by Gasteiger charge is -2.45. The van der Waals surface area contributed by atoms with Crippen molar-refractivity contribution in [2.24, 2.45) is 0 Å². The monoisotopic (exact) mass is 494 g/mol. The summed E-state index contributed by atoms with van der Waals surface area (Å²) in [6.45, 7) is 7.52. The molecule has 188 valence electrons. The minimum absolute atomic E-state index is 0.118. The lowest BCUT2D eigenvalue weighted by molar-refractivity contribution is -0.141. The van der Waals surface area contributed by atoms with Gasteiger partial charge >= 0.3 is 12.3 Å². The van der Waals surface area contributed by atoms with E-state index in [1.165, 1.54) is 12.1 Å². The zero-order valence-electron chi connectivity index (χ0n) is 19.6. The Morgan fingerprint density at radius 3 is 2.54 bits per heavy atom. The molecule has 2 aliphatic heterocycles. The Labute approximate surface area is 200 Å². The summed E-state index contributed by atoms with van der Waals surface area (Å²) >= 11 is 0. The number of carbonyl (C=O) groups is 2. The van der Waals surface area contributed by atoms with Crippen molar-refractivity contribution in [3.63, 3.8) is 0 Å². The maximum atomic E-state index is 15.0. The third-order valence-electron chi connectivity index (χ3n) is 5.96. The normalized spacial score (nSPS) is 18.5. The number of carbonyl (C=O) groups excluding carboxylic acids is 2. The number of hydrogen-bond donors (Lipinski definition) is 1. The summed E-state index contributed by atoms with van der Waals surface area (Å²) in [6.07, 6.45) is -3.64. The number of aromatic nitrogens is 1. The van der Waals surface area contributed by atoms with Crippen LogP contribution in [0.25, 0.3) is 0 Å². The molecule has 2 aromatic rings. The van der Waals surface area contributed by atoms with Crippen LogP contribution in [-0.4, -0.2) is 58.6 Å². The van der Waals surface area contributed by atoms with Crippen molar-refractivity contribution < 1.29 is 31.9 Å². The van der Waals surface area contributed by atoms with Crippen molar-refractivity contribution in [1.82, 2.24) is 14.8 Å². The van der Waals surface area contributed by atoms with Gasteiger partial charge < -0.3 is 15.0 Å². The molecule has 0 unspecified atom stereocenters. The standard InChI is InChI=1S/C24H26F4N4O3/c1-23(2,3)35-22(34)32-9-8-31-7-5-14-10-18(17(25)12-16(14)19(31)13-32)30-21(33)15-4-6-29-20(11-15)24(26,27)28/h4,6,10-12,19H,5,7-9,13H2,1-3H3,(H,30,33)/t19-/m0/s1. The van der Waals surface area contributed by atoms with Gasteiger partial charge in [-0.2, -0.15) is 13.2 Å². The first-order valence-electron chi connectivity index (χ1n) is 11.2. The van der Waals surface area contributed by atoms with Gasteiger partial charge in [0.1, 0.15) is 17.1 Å². The number of nitrogens with one attached hydrogen (secondary N) is 1. The minimum Gasteiger partial charge on any atom is -0.444 e.